The highest BCUT2D eigenvalue weighted by Crippen LogP contribution is 2.59. The van der Waals surface area contributed by atoms with Gasteiger partial charge in [0.2, 0.25) is 0 Å². The number of fused-ring (bicyclic) bond motifs is 1. The molecule has 4 aliphatic carbocycles. The van der Waals surface area contributed by atoms with Crippen LogP contribution in [0.2, 0.25) is 0 Å². The van der Waals surface area contributed by atoms with Gasteiger partial charge in [0.25, 0.3) is 0 Å². The molecule has 0 saturated heterocycles. The predicted octanol–water partition coefficient (Wildman–Crippen LogP) is 6.82. The average molecular weight is 481 g/mol. The molecule has 0 amide bonds. The third-order valence-electron chi connectivity index (χ3n) is 9.86. The Labute approximate surface area is 213 Å². The van der Waals surface area contributed by atoms with Crippen molar-refractivity contribution in [3.63, 3.8) is 0 Å². The molecule has 3 nitrogen and oxygen atoms in total. The molecule has 0 aliphatic heterocycles. The van der Waals surface area contributed by atoms with E-state index in [1.807, 2.05) is 0 Å². The normalized spacial score (nSPS) is 39.0. The summed E-state index contributed by atoms with van der Waals surface area (Å²) in [5, 5.41) is 31.2. The van der Waals surface area contributed by atoms with Crippen LogP contribution in [0.5, 0.6) is 0 Å². The molecule has 0 aromatic rings. The molecule has 0 aromatic carbocycles. The maximum Gasteiger partial charge on any atom is 0.0811 e. The summed E-state index contributed by atoms with van der Waals surface area (Å²) in [5.74, 6) is 1.68. The van der Waals surface area contributed by atoms with Crippen LogP contribution in [0.25, 0.3) is 0 Å². The van der Waals surface area contributed by atoms with Crippen LogP contribution in [0.3, 0.4) is 0 Å². The lowest BCUT2D eigenvalue weighted by atomic mass is 9.61. The Bertz CT molecular complexity index is 888. The molecule has 194 valence electrons. The summed E-state index contributed by atoms with van der Waals surface area (Å²) in [6.07, 6.45) is 23.4. The number of rotatable bonds is 8. The molecule has 4 rings (SSSR count). The second kappa shape index (κ2) is 10.9. The molecule has 4 aliphatic rings. The molecule has 0 bridgehead atoms. The van der Waals surface area contributed by atoms with Crippen molar-refractivity contribution in [3.05, 3.63) is 59.8 Å². The molecule has 3 heteroatoms. The van der Waals surface area contributed by atoms with Crippen LogP contribution in [0.15, 0.2) is 59.8 Å². The van der Waals surface area contributed by atoms with E-state index in [1.165, 1.54) is 31.3 Å². The van der Waals surface area contributed by atoms with E-state index in [-0.39, 0.29) is 16.9 Å². The lowest BCUT2D eigenvalue weighted by Crippen LogP contribution is -2.35. The highest BCUT2D eigenvalue weighted by molar-refractivity contribution is 5.38. The van der Waals surface area contributed by atoms with Gasteiger partial charge in [0.1, 0.15) is 0 Å². The number of unbranched alkanes of at least 4 members (excludes halogenated alkanes) is 1. The first-order valence-electron chi connectivity index (χ1n) is 14.2. The predicted molar refractivity (Wildman–Crippen MR) is 145 cm³/mol. The smallest absolute Gasteiger partial charge is 0.0811 e. The standard InChI is InChI=1S/C32H48O3/c1-5-6-7-17-32(18-19-32)30(35)15-10-22(2)27-13-14-28-24(9-8-16-31(27,28)4)11-12-25-20-26(33)21-29(34)23(25)3/h7,10-12,15,17,22,26-30,33-35H,3,5-6,8-9,13-14,16,18-21H2,1-2,4H3/t22-,26-,27-,28+,29+,30-,31-/m1/s1. The van der Waals surface area contributed by atoms with E-state index in [0.717, 1.165) is 43.3 Å². The summed E-state index contributed by atoms with van der Waals surface area (Å²) >= 11 is 0. The highest BCUT2D eigenvalue weighted by Gasteiger charge is 2.50. The number of aliphatic hydroxyl groups excluding tert-OH is 3. The second-order valence-electron chi connectivity index (χ2n) is 12.3. The Hall–Kier alpha value is -1.42. The molecular weight excluding hydrogens is 432 g/mol. The maximum absolute atomic E-state index is 10.9. The fourth-order valence-electron chi connectivity index (χ4n) is 7.40. The van der Waals surface area contributed by atoms with E-state index in [1.54, 1.807) is 0 Å². The molecule has 7 atom stereocenters. The molecule has 0 aromatic heterocycles. The van der Waals surface area contributed by atoms with Crippen LogP contribution >= 0.6 is 0 Å². The zero-order valence-corrected chi connectivity index (χ0v) is 22.3. The fourth-order valence-corrected chi connectivity index (χ4v) is 7.40. The minimum absolute atomic E-state index is 0.00791. The van der Waals surface area contributed by atoms with Crippen molar-refractivity contribution in [2.24, 2.45) is 28.6 Å². The first-order valence-corrected chi connectivity index (χ1v) is 14.2. The highest BCUT2D eigenvalue weighted by atomic mass is 16.3. The van der Waals surface area contributed by atoms with Crippen LogP contribution in [0.4, 0.5) is 0 Å². The topological polar surface area (TPSA) is 60.7 Å². The van der Waals surface area contributed by atoms with Crippen LogP contribution in [-0.4, -0.2) is 33.6 Å². The van der Waals surface area contributed by atoms with E-state index >= 15 is 0 Å². The zero-order chi connectivity index (χ0) is 25.2. The molecule has 4 saturated carbocycles. The zero-order valence-electron chi connectivity index (χ0n) is 22.3. The van der Waals surface area contributed by atoms with Crippen LogP contribution < -0.4 is 0 Å². The molecule has 0 radical (unpaired) electrons. The lowest BCUT2D eigenvalue weighted by Gasteiger charge is -2.44. The molecule has 35 heavy (non-hydrogen) atoms. The van der Waals surface area contributed by atoms with E-state index in [0.29, 0.717) is 30.6 Å². The number of aliphatic hydroxyl groups is 3. The average Bonchev–Trinajstić information content (AvgIpc) is 3.53. The van der Waals surface area contributed by atoms with Gasteiger partial charge < -0.3 is 15.3 Å². The Balaban J connectivity index is 1.44. The first-order chi connectivity index (χ1) is 16.7. The number of allylic oxidation sites excluding steroid dienone is 5. The van der Waals surface area contributed by atoms with Gasteiger partial charge in [0.15, 0.2) is 0 Å². The first kappa shape index (κ1) is 26.6. The van der Waals surface area contributed by atoms with Gasteiger partial charge in [0, 0.05) is 11.8 Å². The minimum atomic E-state index is -0.629. The van der Waals surface area contributed by atoms with Crippen molar-refractivity contribution in [1.82, 2.24) is 0 Å². The lowest BCUT2D eigenvalue weighted by molar-refractivity contribution is 0.0862. The SMILES string of the molecule is C=C1C(=CC=C2CCC[C@]3(C)[C@@H]([C@H](C)C=C[C@@H](O)C4(C=CCCC)CC4)CC[C@@H]23)C[C@@H](O)C[C@@H]1O. The van der Waals surface area contributed by atoms with Gasteiger partial charge in [-0.1, -0.05) is 75.8 Å². The third-order valence-corrected chi connectivity index (χ3v) is 9.86. The molecule has 0 unspecified atom stereocenters. The maximum atomic E-state index is 10.9. The second-order valence-corrected chi connectivity index (χ2v) is 12.3. The quantitative estimate of drug-likeness (QED) is 0.334. The summed E-state index contributed by atoms with van der Waals surface area (Å²) in [4.78, 5) is 0. The van der Waals surface area contributed by atoms with Gasteiger partial charge in [-0.15, -0.1) is 0 Å². The number of hydrogen-bond donors (Lipinski definition) is 3. The van der Waals surface area contributed by atoms with Crippen molar-refractivity contribution < 1.29 is 15.3 Å². The minimum Gasteiger partial charge on any atom is -0.393 e. The Morgan fingerprint density at radius 1 is 1.11 bits per heavy atom. The summed E-state index contributed by atoms with van der Waals surface area (Å²) in [7, 11) is 0. The van der Waals surface area contributed by atoms with E-state index in [9.17, 15) is 15.3 Å². The molecule has 3 N–H and O–H groups in total. The third kappa shape index (κ3) is 5.63. The van der Waals surface area contributed by atoms with Gasteiger partial charge in [0.05, 0.1) is 18.3 Å². The monoisotopic (exact) mass is 480 g/mol. The van der Waals surface area contributed by atoms with E-state index in [2.05, 4.69) is 63.8 Å². The Morgan fingerprint density at radius 3 is 2.60 bits per heavy atom. The van der Waals surface area contributed by atoms with E-state index < -0.39 is 12.2 Å². The van der Waals surface area contributed by atoms with E-state index in [4.69, 9.17) is 0 Å². The van der Waals surface area contributed by atoms with Crippen LogP contribution in [0.1, 0.15) is 91.4 Å². The Morgan fingerprint density at radius 2 is 1.89 bits per heavy atom. The summed E-state index contributed by atoms with van der Waals surface area (Å²) in [6, 6.07) is 0. The largest absolute Gasteiger partial charge is 0.393 e. The van der Waals surface area contributed by atoms with Gasteiger partial charge in [-0.2, -0.15) is 0 Å². The molecule has 4 fully saturated rings. The fraction of sp³-hybridized carbons (Fsp3) is 0.688. The summed E-state index contributed by atoms with van der Waals surface area (Å²) in [5.41, 5.74) is 3.58. The van der Waals surface area contributed by atoms with Crippen LogP contribution in [0, 0.1) is 28.6 Å². The van der Waals surface area contributed by atoms with Crippen molar-refractivity contribution in [1.29, 1.82) is 0 Å². The van der Waals surface area contributed by atoms with Gasteiger partial charge in [-0.05, 0) is 92.1 Å². The molecule has 0 spiro atoms. The van der Waals surface area contributed by atoms with Crippen molar-refractivity contribution in [3.8, 4) is 0 Å². The molecular formula is C32H48O3. The van der Waals surface area contributed by atoms with Gasteiger partial charge >= 0.3 is 0 Å². The van der Waals surface area contributed by atoms with Crippen molar-refractivity contribution in [2.45, 2.75) is 110 Å². The van der Waals surface area contributed by atoms with Gasteiger partial charge in [-0.25, -0.2) is 0 Å². The van der Waals surface area contributed by atoms with Crippen LogP contribution in [-0.2, 0) is 0 Å². The van der Waals surface area contributed by atoms with Crippen molar-refractivity contribution in [2.75, 3.05) is 0 Å². The summed E-state index contributed by atoms with van der Waals surface area (Å²) in [6.45, 7) is 11.1. The Kier molecular flexibility index (Phi) is 8.30. The van der Waals surface area contributed by atoms with Crippen molar-refractivity contribution >= 4 is 0 Å². The number of hydrogen-bond acceptors (Lipinski definition) is 3. The molecule has 0 heterocycles. The summed E-state index contributed by atoms with van der Waals surface area (Å²) < 4.78 is 0. The van der Waals surface area contributed by atoms with Gasteiger partial charge in [-0.3, -0.25) is 0 Å².